The molecule has 3 unspecified atom stereocenters. The van der Waals surface area contributed by atoms with Gasteiger partial charge in [-0.2, -0.15) is 0 Å². The van der Waals surface area contributed by atoms with Crippen molar-refractivity contribution in [3.05, 3.63) is 35.4 Å². The molecule has 0 saturated heterocycles. The van der Waals surface area contributed by atoms with Crippen molar-refractivity contribution in [1.82, 2.24) is 5.32 Å². The van der Waals surface area contributed by atoms with Gasteiger partial charge in [-0.15, -0.1) is 0 Å². The lowest BCUT2D eigenvalue weighted by Crippen LogP contribution is -2.35. The maximum atomic E-state index is 9.53. The number of aliphatic hydroxyl groups is 1. The highest BCUT2D eigenvalue weighted by Gasteiger charge is 2.26. The predicted molar refractivity (Wildman–Crippen MR) is 82.7 cm³/mol. The number of hydrogen-bond acceptors (Lipinski definition) is 2. The summed E-state index contributed by atoms with van der Waals surface area (Å²) in [6.45, 7) is 1.44. The Kier molecular flexibility index (Phi) is 4.74. The third kappa shape index (κ3) is 3.07. The second-order valence-corrected chi connectivity index (χ2v) is 6.54. The Hall–Kier alpha value is -0.860. The van der Waals surface area contributed by atoms with Crippen molar-refractivity contribution in [2.45, 2.75) is 51.0 Å². The molecule has 2 nitrogen and oxygen atoms in total. The molecule has 3 rings (SSSR count). The fraction of sp³-hybridized carbons (Fsp3) is 0.667. The third-order valence-corrected chi connectivity index (χ3v) is 5.30. The van der Waals surface area contributed by atoms with Crippen LogP contribution in [0.25, 0.3) is 0 Å². The van der Waals surface area contributed by atoms with Gasteiger partial charge in [-0.05, 0) is 61.6 Å². The van der Waals surface area contributed by atoms with E-state index >= 15 is 0 Å². The molecule has 110 valence electrons. The van der Waals surface area contributed by atoms with Gasteiger partial charge in [0.05, 0.1) is 0 Å². The van der Waals surface area contributed by atoms with Crippen molar-refractivity contribution in [3.63, 3.8) is 0 Å². The van der Waals surface area contributed by atoms with E-state index in [1.165, 1.54) is 56.1 Å². The molecule has 2 aliphatic carbocycles. The van der Waals surface area contributed by atoms with Gasteiger partial charge >= 0.3 is 0 Å². The van der Waals surface area contributed by atoms with Crippen LogP contribution in [0.4, 0.5) is 0 Å². The molecule has 1 aromatic rings. The highest BCUT2D eigenvalue weighted by Crippen LogP contribution is 2.32. The first-order valence-electron chi connectivity index (χ1n) is 8.30. The molecule has 3 atom stereocenters. The molecular formula is C18H27NO. The number of fused-ring (bicyclic) bond motifs is 1. The molecule has 0 radical (unpaired) electrons. The van der Waals surface area contributed by atoms with E-state index in [2.05, 4.69) is 29.6 Å². The van der Waals surface area contributed by atoms with Crippen LogP contribution in [0.2, 0.25) is 0 Å². The minimum absolute atomic E-state index is 0.369. The van der Waals surface area contributed by atoms with Gasteiger partial charge in [-0.25, -0.2) is 0 Å². The van der Waals surface area contributed by atoms with Crippen LogP contribution in [0.5, 0.6) is 0 Å². The molecule has 0 heterocycles. The van der Waals surface area contributed by atoms with Crippen LogP contribution in [0.1, 0.15) is 55.7 Å². The SMILES string of the molecule is OCC1CCCCC1CNC1CCCc2ccccc21. The number of rotatable bonds is 4. The first-order chi connectivity index (χ1) is 9.88. The second-order valence-electron chi connectivity index (χ2n) is 6.54. The van der Waals surface area contributed by atoms with Crippen LogP contribution in [0, 0.1) is 11.8 Å². The summed E-state index contributed by atoms with van der Waals surface area (Å²) in [5, 5.41) is 13.3. The minimum Gasteiger partial charge on any atom is -0.396 e. The molecule has 1 saturated carbocycles. The van der Waals surface area contributed by atoms with Gasteiger partial charge < -0.3 is 10.4 Å². The summed E-state index contributed by atoms with van der Waals surface area (Å²) in [5.74, 6) is 1.19. The first-order valence-corrected chi connectivity index (χ1v) is 8.30. The van der Waals surface area contributed by atoms with Crippen LogP contribution < -0.4 is 5.32 Å². The molecule has 2 aliphatic rings. The molecule has 2 heteroatoms. The minimum atomic E-state index is 0.369. The van der Waals surface area contributed by atoms with E-state index in [-0.39, 0.29) is 0 Å². The average molecular weight is 273 g/mol. The fourth-order valence-corrected chi connectivity index (χ4v) is 4.05. The van der Waals surface area contributed by atoms with Crippen LogP contribution in [-0.2, 0) is 6.42 Å². The summed E-state index contributed by atoms with van der Waals surface area (Å²) in [6, 6.07) is 9.41. The van der Waals surface area contributed by atoms with Gasteiger partial charge in [0.1, 0.15) is 0 Å². The number of benzene rings is 1. The van der Waals surface area contributed by atoms with Crippen LogP contribution >= 0.6 is 0 Å². The molecule has 1 fully saturated rings. The Morgan fingerprint density at radius 3 is 2.65 bits per heavy atom. The first kappa shape index (κ1) is 14.1. The summed E-state index contributed by atoms with van der Waals surface area (Å²) < 4.78 is 0. The van der Waals surface area contributed by atoms with Gasteiger partial charge in [-0.1, -0.05) is 37.1 Å². The van der Waals surface area contributed by atoms with E-state index in [4.69, 9.17) is 0 Å². The van der Waals surface area contributed by atoms with Crippen LogP contribution in [0.3, 0.4) is 0 Å². The zero-order chi connectivity index (χ0) is 13.8. The van der Waals surface area contributed by atoms with Crippen molar-refractivity contribution >= 4 is 0 Å². The zero-order valence-corrected chi connectivity index (χ0v) is 12.4. The van der Waals surface area contributed by atoms with E-state index in [1.807, 2.05) is 0 Å². The van der Waals surface area contributed by atoms with E-state index in [9.17, 15) is 5.11 Å². The zero-order valence-electron chi connectivity index (χ0n) is 12.4. The summed E-state index contributed by atoms with van der Waals surface area (Å²) >= 11 is 0. The summed E-state index contributed by atoms with van der Waals surface area (Å²) in [6.07, 6.45) is 8.92. The van der Waals surface area contributed by atoms with Gasteiger partial charge in [0.15, 0.2) is 0 Å². The van der Waals surface area contributed by atoms with Gasteiger partial charge in [0, 0.05) is 12.6 Å². The lowest BCUT2D eigenvalue weighted by atomic mass is 9.79. The van der Waals surface area contributed by atoms with Crippen molar-refractivity contribution in [2.75, 3.05) is 13.2 Å². The maximum Gasteiger partial charge on any atom is 0.0462 e. The van der Waals surface area contributed by atoms with E-state index in [1.54, 1.807) is 0 Å². The lowest BCUT2D eigenvalue weighted by molar-refractivity contribution is 0.130. The number of nitrogens with one attached hydrogen (secondary N) is 1. The Balaban J connectivity index is 1.61. The topological polar surface area (TPSA) is 32.3 Å². The average Bonchev–Trinajstić information content (AvgIpc) is 2.53. The van der Waals surface area contributed by atoms with Crippen molar-refractivity contribution < 1.29 is 5.11 Å². The number of aryl methyl sites for hydroxylation is 1. The molecule has 0 bridgehead atoms. The Labute approximate surface area is 122 Å². The molecule has 0 aromatic heterocycles. The summed E-state index contributed by atoms with van der Waals surface area (Å²) in [7, 11) is 0. The maximum absolute atomic E-state index is 9.53. The van der Waals surface area contributed by atoms with Gasteiger partial charge in [-0.3, -0.25) is 0 Å². The third-order valence-electron chi connectivity index (χ3n) is 5.30. The standard InChI is InChI=1S/C18H27NO/c20-13-16-8-2-1-7-15(16)12-19-18-11-5-9-14-6-3-4-10-17(14)18/h3-4,6,10,15-16,18-20H,1-2,5,7-9,11-13H2. The number of hydrogen-bond donors (Lipinski definition) is 2. The molecule has 1 aromatic carbocycles. The molecule has 2 N–H and O–H groups in total. The highest BCUT2D eigenvalue weighted by molar-refractivity contribution is 5.32. The monoisotopic (exact) mass is 273 g/mol. The predicted octanol–water partition coefficient (Wildman–Crippen LogP) is 3.45. The van der Waals surface area contributed by atoms with E-state index in [0.717, 1.165) is 6.54 Å². The van der Waals surface area contributed by atoms with Gasteiger partial charge in [0.2, 0.25) is 0 Å². The van der Waals surface area contributed by atoms with Gasteiger partial charge in [0.25, 0.3) is 0 Å². The van der Waals surface area contributed by atoms with Crippen LogP contribution in [-0.4, -0.2) is 18.3 Å². The molecule has 0 spiro atoms. The number of aliphatic hydroxyl groups excluding tert-OH is 1. The quantitative estimate of drug-likeness (QED) is 0.880. The van der Waals surface area contributed by atoms with Crippen molar-refractivity contribution in [1.29, 1.82) is 0 Å². The Morgan fingerprint density at radius 1 is 1.00 bits per heavy atom. The summed E-state index contributed by atoms with van der Waals surface area (Å²) in [4.78, 5) is 0. The normalized spacial score (nSPS) is 29.9. The van der Waals surface area contributed by atoms with Crippen LogP contribution in [0.15, 0.2) is 24.3 Å². The fourth-order valence-electron chi connectivity index (χ4n) is 4.05. The van der Waals surface area contributed by atoms with E-state index in [0.29, 0.717) is 24.5 Å². The van der Waals surface area contributed by atoms with Crippen molar-refractivity contribution in [2.24, 2.45) is 11.8 Å². The Bertz CT molecular complexity index is 431. The highest BCUT2D eigenvalue weighted by atomic mass is 16.3. The molecule has 20 heavy (non-hydrogen) atoms. The molecule has 0 amide bonds. The lowest BCUT2D eigenvalue weighted by Gasteiger charge is -2.33. The molecular weight excluding hydrogens is 246 g/mol. The largest absolute Gasteiger partial charge is 0.396 e. The van der Waals surface area contributed by atoms with Crippen molar-refractivity contribution in [3.8, 4) is 0 Å². The Morgan fingerprint density at radius 2 is 1.80 bits per heavy atom. The summed E-state index contributed by atoms with van der Waals surface area (Å²) in [5.41, 5.74) is 3.04. The second kappa shape index (κ2) is 6.73. The smallest absolute Gasteiger partial charge is 0.0462 e. The van der Waals surface area contributed by atoms with E-state index < -0.39 is 0 Å². The molecule has 0 aliphatic heterocycles.